The van der Waals surface area contributed by atoms with Gasteiger partial charge in [0.2, 0.25) is 0 Å². The van der Waals surface area contributed by atoms with Gasteiger partial charge in [-0.2, -0.15) is 5.10 Å². The number of hydrogen-bond donors (Lipinski definition) is 1. The SMILES string of the molecule is Clc1cccc(N2Cc3cn[nH]c3C2)n1. The van der Waals surface area contributed by atoms with Crippen LogP contribution in [0.1, 0.15) is 11.3 Å². The summed E-state index contributed by atoms with van der Waals surface area (Å²) in [5.74, 6) is 0.909. The monoisotopic (exact) mass is 220 g/mol. The van der Waals surface area contributed by atoms with Gasteiger partial charge in [0.15, 0.2) is 0 Å². The van der Waals surface area contributed by atoms with Crippen molar-refractivity contribution in [3.05, 3.63) is 40.8 Å². The van der Waals surface area contributed by atoms with Crippen molar-refractivity contribution in [2.45, 2.75) is 13.1 Å². The number of hydrogen-bond acceptors (Lipinski definition) is 3. The van der Waals surface area contributed by atoms with Crippen LogP contribution in [0.3, 0.4) is 0 Å². The van der Waals surface area contributed by atoms with Crippen molar-refractivity contribution in [3.63, 3.8) is 0 Å². The molecule has 1 aliphatic heterocycles. The second kappa shape index (κ2) is 3.24. The third-order valence-electron chi connectivity index (χ3n) is 2.54. The number of aromatic nitrogens is 3. The summed E-state index contributed by atoms with van der Waals surface area (Å²) < 4.78 is 0. The van der Waals surface area contributed by atoms with E-state index in [-0.39, 0.29) is 0 Å². The number of anilines is 1. The fourth-order valence-electron chi connectivity index (χ4n) is 1.80. The van der Waals surface area contributed by atoms with E-state index in [2.05, 4.69) is 20.1 Å². The predicted molar refractivity (Wildman–Crippen MR) is 57.7 cm³/mol. The van der Waals surface area contributed by atoms with Crippen molar-refractivity contribution in [1.82, 2.24) is 15.2 Å². The first-order valence-electron chi connectivity index (χ1n) is 4.71. The van der Waals surface area contributed by atoms with E-state index in [4.69, 9.17) is 11.6 Å². The van der Waals surface area contributed by atoms with E-state index in [9.17, 15) is 0 Å². The number of rotatable bonds is 1. The molecule has 2 aromatic rings. The summed E-state index contributed by atoms with van der Waals surface area (Å²) in [7, 11) is 0. The van der Waals surface area contributed by atoms with Crippen LogP contribution >= 0.6 is 11.6 Å². The lowest BCUT2D eigenvalue weighted by atomic mass is 10.3. The average molecular weight is 221 g/mol. The van der Waals surface area contributed by atoms with Crippen molar-refractivity contribution < 1.29 is 0 Å². The molecule has 0 bridgehead atoms. The lowest BCUT2D eigenvalue weighted by Crippen LogP contribution is -2.16. The Morgan fingerprint density at radius 3 is 3.07 bits per heavy atom. The number of halogens is 1. The smallest absolute Gasteiger partial charge is 0.131 e. The van der Waals surface area contributed by atoms with Crippen LogP contribution in [0.2, 0.25) is 5.15 Å². The number of pyridine rings is 1. The normalized spacial score (nSPS) is 14.3. The minimum Gasteiger partial charge on any atom is -0.346 e. The maximum absolute atomic E-state index is 5.85. The highest BCUT2D eigenvalue weighted by Gasteiger charge is 2.21. The molecule has 0 radical (unpaired) electrons. The number of H-pyrrole nitrogens is 1. The van der Waals surface area contributed by atoms with Gasteiger partial charge in [-0.15, -0.1) is 0 Å². The molecule has 1 aliphatic rings. The summed E-state index contributed by atoms with van der Waals surface area (Å²) >= 11 is 5.85. The van der Waals surface area contributed by atoms with Crippen LogP contribution in [0.25, 0.3) is 0 Å². The molecule has 0 saturated carbocycles. The molecule has 0 unspecified atom stereocenters. The molecule has 0 aromatic carbocycles. The first-order chi connectivity index (χ1) is 7.33. The molecule has 3 rings (SSSR count). The van der Waals surface area contributed by atoms with Gasteiger partial charge < -0.3 is 4.90 Å². The number of aromatic amines is 1. The largest absolute Gasteiger partial charge is 0.346 e. The summed E-state index contributed by atoms with van der Waals surface area (Å²) in [6.07, 6.45) is 1.86. The van der Waals surface area contributed by atoms with Gasteiger partial charge in [0.1, 0.15) is 11.0 Å². The molecule has 76 valence electrons. The van der Waals surface area contributed by atoms with Crippen LogP contribution in [-0.4, -0.2) is 15.2 Å². The Hall–Kier alpha value is -1.55. The number of nitrogens with one attached hydrogen (secondary N) is 1. The molecule has 2 aromatic heterocycles. The van der Waals surface area contributed by atoms with Gasteiger partial charge in [-0.25, -0.2) is 4.98 Å². The Kier molecular flexibility index (Phi) is 1.89. The zero-order chi connectivity index (χ0) is 10.3. The molecule has 0 saturated heterocycles. The van der Waals surface area contributed by atoms with Crippen LogP contribution in [0.15, 0.2) is 24.4 Å². The van der Waals surface area contributed by atoms with Gasteiger partial charge >= 0.3 is 0 Å². The quantitative estimate of drug-likeness (QED) is 0.748. The van der Waals surface area contributed by atoms with E-state index in [1.807, 2.05) is 18.3 Å². The van der Waals surface area contributed by atoms with Crippen molar-refractivity contribution >= 4 is 17.4 Å². The van der Waals surface area contributed by atoms with E-state index in [0.717, 1.165) is 24.6 Å². The van der Waals surface area contributed by atoms with Crippen molar-refractivity contribution in [3.8, 4) is 0 Å². The first-order valence-corrected chi connectivity index (χ1v) is 5.09. The predicted octanol–water partition coefficient (Wildman–Crippen LogP) is 1.98. The maximum Gasteiger partial charge on any atom is 0.131 e. The topological polar surface area (TPSA) is 44.8 Å². The van der Waals surface area contributed by atoms with Crippen LogP contribution in [-0.2, 0) is 13.1 Å². The van der Waals surface area contributed by atoms with E-state index in [0.29, 0.717) is 5.15 Å². The molecule has 4 nitrogen and oxygen atoms in total. The van der Waals surface area contributed by atoms with Crippen LogP contribution in [0, 0.1) is 0 Å². The summed E-state index contributed by atoms with van der Waals surface area (Å²) in [4.78, 5) is 6.44. The van der Waals surface area contributed by atoms with E-state index < -0.39 is 0 Å². The summed E-state index contributed by atoms with van der Waals surface area (Å²) in [5.41, 5.74) is 2.40. The van der Waals surface area contributed by atoms with Gasteiger partial charge in [-0.3, -0.25) is 5.10 Å². The second-order valence-electron chi connectivity index (χ2n) is 3.55. The minimum absolute atomic E-state index is 0.529. The Morgan fingerprint density at radius 2 is 2.27 bits per heavy atom. The zero-order valence-corrected chi connectivity index (χ0v) is 8.70. The van der Waals surface area contributed by atoms with Gasteiger partial charge in [0, 0.05) is 12.1 Å². The summed E-state index contributed by atoms with van der Waals surface area (Å²) in [5, 5.41) is 7.50. The Bertz CT molecular complexity index is 473. The maximum atomic E-state index is 5.85. The van der Waals surface area contributed by atoms with Crippen LogP contribution < -0.4 is 4.90 Å². The number of fused-ring (bicyclic) bond motifs is 1. The first kappa shape index (κ1) is 8.73. The Labute approximate surface area is 91.9 Å². The minimum atomic E-state index is 0.529. The second-order valence-corrected chi connectivity index (χ2v) is 3.94. The molecule has 15 heavy (non-hydrogen) atoms. The third kappa shape index (κ3) is 1.47. The molecule has 0 spiro atoms. The van der Waals surface area contributed by atoms with Crippen molar-refractivity contribution in [1.29, 1.82) is 0 Å². The molecule has 0 aliphatic carbocycles. The molecular weight excluding hydrogens is 212 g/mol. The highest BCUT2D eigenvalue weighted by molar-refractivity contribution is 6.29. The Morgan fingerprint density at radius 1 is 1.33 bits per heavy atom. The lowest BCUT2D eigenvalue weighted by molar-refractivity contribution is 0.825. The van der Waals surface area contributed by atoms with Crippen LogP contribution in [0.4, 0.5) is 5.82 Å². The molecular formula is C10H9ClN4. The molecule has 0 amide bonds. The van der Waals surface area contributed by atoms with Crippen molar-refractivity contribution in [2.24, 2.45) is 0 Å². The molecule has 0 fully saturated rings. The number of nitrogens with zero attached hydrogens (tertiary/aromatic N) is 3. The fraction of sp³-hybridized carbons (Fsp3) is 0.200. The standard InChI is InChI=1S/C10H9ClN4/c11-9-2-1-3-10(13-9)15-5-7-4-12-14-8(7)6-15/h1-4H,5-6H2,(H,12,14). The average Bonchev–Trinajstić information content (AvgIpc) is 2.76. The van der Waals surface area contributed by atoms with E-state index >= 15 is 0 Å². The van der Waals surface area contributed by atoms with Crippen LogP contribution in [0.5, 0.6) is 0 Å². The van der Waals surface area contributed by atoms with Crippen molar-refractivity contribution in [2.75, 3.05) is 4.90 Å². The molecule has 3 heterocycles. The fourth-order valence-corrected chi connectivity index (χ4v) is 1.96. The highest BCUT2D eigenvalue weighted by Crippen LogP contribution is 2.25. The zero-order valence-electron chi connectivity index (χ0n) is 7.94. The molecule has 0 atom stereocenters. The van der Waals surface area contributed by atoms with Gasteiger partial charge in [-0.05, 0) is 12.1 Å². The van der Waals surface area contributed by atoms with E-state index in [1.54, 1.807) is 6.07 Å². The molecule has 5 heteroatoms. The van der Waals surface area contributed by atoms with Gasteiger partial charge in [-0.1, -0.05) is 17.7 Å². The lowest BCUT2D eigenvalue weighted by Gasteiger charge is -2.16. The summed E-state index contributed by atoms with van der Waals surface area (Å²) in [6, 6.07) is 5.66. The summed E-state index contributed by atoms with van der Waals surface area (Å²) in [6.45, 7) is 1.67. The Balaban J connectivity index is 1.90. The van der Waals surface area contributed by atoms with Gasteiger partial charge in [0.25, 0.3) is 0 Å². The highest BCUT2D eigenvalue weighted by atomic mass is 35.5. The third-order valence-corrected chi connectivity index (χ3v) is 2.75. The molecule has 1 N–H and O–H groups in total. The van der Waals surface area contributed by atoms with E-state index in [1.165, 1.54) is 5.56 Å². The van der Waals surface area contributed by atoms with Gasteiger partial charge in [0.05, 0.1) is 18.4 Å².